The first-order chi connectivity index (χ1) is 10.5. The summed E-state index contributed by atoms with van der Waals surface area (Å²) in [5.41, 5.74) is 3.51. The number of rotatable bonds is 6. The fraction of sp³-hybridized carbons (Fsp3) is 0.278. The Balaban J connectivity index is 2.67. The summed E-state index contributed by atoms with van der Waals surface area (Å²) in [6.07, 6.45) is -0.0660. The molecule has 0 saturated heterocycles. The molecule has 2 aromatic rings. The van der Waals surface area contributed by atoms with E-state index >= 15 is 0 Å². The van der Waals surface area contributed by atoms with E-state index in [2.05, 4.69) is 0 Å². The van der Waals surface area contributed by atoms with Crippen molar-refractivity contribution in [3.05, 3.63) is 48.0 Å². The highest BCUT2D eigenvalue weighted by molar-refractivity contribution is 5.82. The Morgan fingerprint density at radius 2 is 1.82 bits per heavy atom. The van der Waals surface area contributed by atoms with Gasteiger partial charge in [0.15, 0.2) is 0 Å². The molecule has 4 heteroatoms. The topological polar surface area (TPSA) is 49.8 Å². The molecule has 0 saturated carbocycles. The Kier molecular flexibility index (Phi) is 5.04. The molecule has 0 fully saturated rings. The van der Waals surface area contributed by atoms with E-state index in [-0.39, 0.29) is 6.42 Å². The second-order valence-electron chi connectivity index (χ2n) is 5.20. The van der Waals surface area contributed by atoms with Crippen molar-refractivity contribution in [1.29, 1.82) is 0 Å². The first-order valence-electron chi connectivity index (χ1n) is 7.27. The summed E-state index contributed by atoms with van der Waals surface area (Å²) >= 11 is 0. The molecule has 116 valence electrons. The lowest BCUT2D eigenvalue weighted by Crippen LogP contribution is -2.15. The summed E-state index contributed by atoms with van der Waals surface area (Å²) in [6.45, 7) is 2.39. The van der Waals surface area contributed by atoms with Crippen molar-refractivity contribution in [2.24, 2.45) is 0 Å². The van der Waals surface area contributed by atoms with Crippen molar-refractivity contribution in [3.63, 3.8) is 0 Å². The van der Waals surface area contributed by atoms with E-state index in [1.807, 2.05) is 68.4 Å². The Hall–Kier alpha value is -2.49. The maximum atomic E-state index is 11.3. The van der Waals surface area contributed by atoms with E-state index in [0.717, 1.165) is 16.8 Å². The van der Waals surface area contributed by atoms with E-state index < -0.39 is 5.97 Å². The molecule has 0 radical (unpaired) electrons. The molecule has 1 N–H and O–H groups in total. The van der Waals surface area contributed by atoms with Gasteiger partial charge in [-0.05, 0) is 24.6 Å². The van der Waals surface area contributed by atoms with Crippen LogP contribution in [0.25, 0.3) is 11.1 Å². The largest absolute Gasteiger partial charge is 0.493 e. The monoisotopic (exact) mass is 299 g/mol. The van der Waals surface area contributed by atoms with Gasteiger partial charge in [0.1, 0.15) is 5.75 Å². The molecule has 0 aliphatic rings. The summed E-state index contributed by atoms with van der Waals surface area (Å²) in [4.78, 5) is 13.2. The molecule has 22 heavy (non-hydrogen) atoms. The summed E-state index contributed by atoms with van der Waals surface area (Å²) in [7, 11) is 3.80. The number of anilines is 1. The third-order valence-corrected chi connectivity index (χ3v) is 3.42. The fourth-order valence-electron chi connectivity index (χ4n) is 2.51. The zero-order valence-corrected chi connectivity index (χ0v) is 13.2. The van der Waals surface area contributed by atoms with Crippen LogP contribution in [-0.4, -0.2) is 31.8 Å². The van der Waals surface area contributed by atoms with E-state index in [1.54, 1.807) is 0 Å². The van der Waals surface area contributed by atoms with Crippen LogP contribution in [-0.2, 0) is 11.2 Å². The lowest BCUT2D eigenvalue weighted by atomic mass is 9.98. The molecule has 0 heterocycles. The number of carbonyl (C=O) groups is 1. The van der Waals surface area contributed by atoms with Crippen molar-refractivity contribution in [3.8, 4) is 16.9 Å². The van der Waals surface area contributed by atoms with Crippen molar-refractivity contribution in [2.45, 2.75) is 13.3 Å². The average Bonchev–Trinajstić information content (AvgIpc) is 2.49. The lowest BCUT2D eigenvalue weighted by Gasteiger charge is -2.22. The maximum absolute atomic E-state index is 11.3. The minimum Gasteiger partial charge on any atom is -0.493 e. The number of carboxylic acid groups (broad SMARTS) is 1. The quantitative estimate of drug-likeness (QED) is 0.887. The second kappa shape index (κ2) is 6.98. The first-order valence-corrected chi connectivity index (χ1v) is 7.27. The molecular formula is C18H21NO3. The van der Waals surface area contributed by atoms with Gasteiger partial charge < -0.3 is 14.7 Å². The minimum atomic E-state index is -0.866. The number of hydrogen-bond donors (Lipinski definition) is 1. The van der Waals surface area contributed by atoms with E-state index in [9.17, 15) is 9.90 Å². The van der Waals surface area contributed by atoms with Crippen LogP contribution < -0.4 is 9.64 Å². The highest BCUT2D eigenvalue weighted by Gasteiger charge is 2.19. The van der Waals surface area contributed by atoms with Gasteiger partial charge in [0.25, 0.3) is 0 Å². The third kappa shape index (κ3) is 3.39. The highest BCUT2D eigenvalue weighted by Crippen LogP contribution is 2.38. The minimum absolute atomic E-state index is 0.0660. The molecule has 0 aliphatic heterocycles. The Morgan fingerprint density at radius 3 is 2.36 bits per heavy atom. The molecule has 0 aliphatic carbocycles. The Labute approximate surface area is 131 Å². The van der Waals surface area contributed by atoms with Crippen molar-refractivity contribution >= 4 is 11.7 Å². The molecule has 0 aromatic heterocycles. The molecule has 0 spiro atoms. The number of hydrogen-bond acceptors (Lipinski definition) is 3. The van der Waals surface area contributed by atoms with Crippen LogP contribution in [0.1, 0.15) is 12.5 Å². The van der Waals surface area contributed by atoms with Gasteiger partial charge >= 0.3 is 5.97 Å². The van der Waals surface area contributed by atoms with Gasteiger partial charge in [0.2, 0.25) is 0 Å². The van der Waals surface area contributed by atoms with Gasteiger partial charge in [-0.15, -0.1) is 0 Å². The van der Waals surface area contributed by atoms with Crippen molar-refractivity contribution in [2.75, 3.05) is 25.6 Å². The number of nitrogens with zero attached hydrogens (tertiary/aromatic N) is 1. The Morgan fingerprint density at radius 1 is 1.14 bits per heavy atom. The van der Waals surface area contributed by atoms with Crippen LogP contribution in [0, 0.1) is 0 Å². The Bertz CT molecular complexity index is 651. The summed E-state index contributed by atoms with van der Waals surface area (Å²) < 4.78 is 5.82. The van der Waals surface area contributed by atoms with Gasteiger partial charge in [0.05, 0.1) is 13.0 Å². The molecule has 0 amide bonds. The summed E-state index contributed by atoms with van der Waals surface area (Å²) in [5.74, 6) is -0.212. The number of benzene rings is 2. The van der Waals surface area contributed by atoms with Crippen molar-refractivity contribution < 1.29 is 14.6 Å². The van der Waals surface area contributed by atoms with Crippen LogP contribution in [0.3, 0.4) is 0 Å². The number of carboxylic acids is 1. The van der Waals surface area contributed by atoms with Gasteiger partial charge in [0, 0.05) is 30.9 Å². The van der Waals surface area contributed by atoms with E-state index in [0.29, 0.717) is 17.9 Å². The van der Waals surface area contributed by atoms with Crippen LogP contribution in [0.5, 0.6) is 5.75 Å². The van der Waals surface area contributed by atoms with Gasteiger partial charge in [-0.1, -0.05) is 30.3 Å². The zero-order valence-electron chi connectivity index (χ0n) is 13.2. The molecule has 2 rings (SSSR count). The standard InChI is InChI=1S/C18H21NO3/c1-4-22-18-14(13-8-6-5-7-9-13)10-11-16(19(2)3)15(18)12-17(20)21/h5-11H,4,12H2,1-3H3,(H,20,21). The van der Waals surface area contributed by atoms with Crippen molar-refractivity contribution in [1.82, 2.24) is 0 Å². The normalized spacial score (nSPS) is 10.3. The number of aliphatic carboxylic acids is 1. The third-order valence-electron chi connectivity index (χ3n) is 3.42. The fourth-order valence-corrected chi connectivity index (χ4v) is 2.51. The molecule has 0 bridgehead atoms. The highest BCUT2D eigenvalue weighted by atomic mass is 16.5. The predicted molar refractivity (Wildman–Crippen MR) is 88.7 cm³/mol. The molecule has 0 unspecified atom stereocenters. The van der Waals surface area contributed by atoms with E-state index in [1.165, 1.54) is 0 Å². The van der Waals surface area contributed by atoms with Crippen LogP contribution in [0.4, 0.5) is 5.69 Å². The molecule has 0 atom stereocenters. The average molecular weight is 299 g/mol. The van der Waals surface area contributed by atoms with Crippen LogP contribution in [0.2, 0.25) is 0 Å². The first kappa shape index (κ1) is 15.9. The summed E-state index contributed by atoms with van der Waals surface area (Å²) in [5, 5.41) is 9.25. The van der Waals surface area contributed by atoms with Crippen LogP contribution >= 0.6 is 0 Å². The SMILES string of the molecule is CCOc1c(-c2ccccc2)ccc(N(C)C)c1CC(=O)O. The van der Waals surface area contributed by atoms with Crippen LogP contribution in [0.15, 0.2) is 42.5 Å². The maximum Gasteiger partial charge on any atom is 0.308 e. The molecule has 4 nitrogen and oxygen atoms in total. The number of ether oxygens (including phenoxy) is 1. The lowest BCUT2D eigenvalue weighted by molar-refractivity contribution is -0.136. The molecular weight excluding hydrogens is 278 g/mol. The van der Waals surface area contributed by atoms with Gasteiger partial charge in [-0.2, -0.15) is 0 Å². The zero-order chi connectivity index (χ0) is 16.1. The summed E-state index contributed by atoms with van der Waals surface area (Å²) in [6, 6.07) is 13.8. The second-order valence-corrected chi connectivity index (χ2v) is 5.20. The smallest absolute Gasteiger partial charge is 0.308 e. The molecule has 2 aromatic carbocycles. The predicted octanol–water partition coefficient (Wildman–Crippen LogP) is 3.45. The van der Waals surface area contributed by atoms with E-state index in [4.69, 9.17) is 4.74 Å². The van der Waals surface area contributed by atoms with Gasteiger partial charge in [-0.25, -0.2) is 0 Å². The van der Waals surface area contributed by atoms with Gasteiger partial charge in [-0.3, -0.25) is 4.79 Å².